The van der Waals surface area contributed by atoms with Gasteiger partial charge in [-0.25, -0.2) is 4.98 Å². The Morgan fingerprint density at radius 2 is 2.05 bits per heavy atom. The fraction of sp³-hybridized carbons (Fsp3) is 0.429. The van der Waals surface area contributed by atoms with Gasteiger partial charge in [0.15, 0.2) is 0 Å². The van der Waals surface area contributed by atoms with E-state index < -0.39 is 0 Å². The first-order valence-electron chi connectivity index (χ1n) is 6.59. The molecule has 0 amide bonds. The fourth-order valence-electron chi connectivity index (χ4n) is 2.67. The predicted molar refractivity (Wildman–Crippen MR) is 78.3 cm³/mol. The van der Waals surface area contributed by atoms with Gasteiger partial charge in [0.2, 0.25) is 5.95 Å². The van der Waals surface area contributed by atoms with Crippen molar-refractivity contribution in [2.45, 2.75) is 12.5 Å². The number of nitrogen functional groups attached to an aromatic ring is 1. The van der Waals surface area contributed by atoms with Crippen LogP contribution in [-0.4, -0.2) is 48.1 Å². The van der Waals surface area contributed by atoms with Gasteiger partial charge in [-0.05, 0) is 32.6 Å². The Kier molecular flexibility index (Phi) is 2.98. The van der Waals surface area contributed by atoms with Crippen LogP contribution in [0.5, 0.6) is 0 Å². The van der Waals surface area contributed by atoms with Crippen LogP contribution in [0.4, 0.5) is 11.8 Å². The van der Waals surface area contributed by atoms with Crippen molar-refractivity contribution in [3.63, 3.8) is 0 Å². The minimum Gasteiger partial charge on any atom is -0.368 e. The van der Waals surface area contributed by atoms with Crippen LogP contribution in [0.15, 0.2) is 24.3 Å². The van der Waals surface area contributed by atoms with E-state index in [2.05, 4.69) is 39.9 Å². The van der Waals surface area contributed by atoms with Gasteiger partial charge >= 0.3 is 0 Å². The number of hydrogen-bond donors (Lipinski definition) is 1. The van der Waals surface area contributed by atoms with Crippen molar-refractivity contribution < 1.29 is 0 Å². The largest absolute Gasteiger partial charge is 0.368 e. The molecule has 1 unspecified atom stereocenters. The highest BCUT2D eigenvalue weighted by molar-refractivity contribution is 5.90. The molecule has 0 radical (unpaired) electrons. The summed E-state index contributed by atoms with van der Waals surface area (Å²) in [6, 6.07) is 8.62. The SMILES string of the molecule is CN(C)C1CCN(c2nc(N)nc3ccccc23)C1. The number of nitrogens with zero attached hydrogens (tertiary/aromatic N) is 4. The number of benzene rings is 1. The molecule has 1 saturated heterocycles. The summed E-state index contributed by atoms with van der Waals surface area (Å²) in [5.41, 5.74) is 6.74. The molecule has 0 bridgehead atoms. The number of fused-ring (bicyclic) bond motifs is 1. The first-order valence-corrected chi connectivity index (χ1v) is 6.59. The van der Waals surface area contributed by atoms with Gasteiger partial charge in [0.1, 0.15) is 5.82 Å². The third kappa shape index (κ3) is 2.21. The van der Waals surface area contributed by atoms with E-state index in [0.29, 0.717) is 12.0 Å². The summed E-state index contributed by atoms with van der Waals surface area (Å²) in [6.45, 7) is 2.01. The first-order chi connectivity index (χ1) is 9.15. The molecule has 2 heterocycles. The normalized spacial score (nSPS) is 19.5. The third-order valence-corrected chi connectivity index (χ3v) is 3.79. The van der Waals surface area contributed by atoms with Crippen molar-refractivity contribution >= 4 is 22.7 Å². The summed E-state index contributed by atoms with van der Waals surface area (Å²) in [7, 11) is 4.25. The molecule has 100 valence electrons. The molecule has 1 fully saturated rings. The maximum Gasteiger partial charge on any atom is 0.222 e. The molecule has 0 aliphatic carbocycles. The lowest BCUT2D eigenvalue weighted by molar-refractivity contribution is 0.315. The van der Waals surface area contributed by atoms with E-state index in [9.17, 15) is 0 Å². The van der Waals surface area contributed by atoms with Gasteiger partial charge in [-0.1, -0.05) is 12.1 Å². The smallest absolute Gasteiger partial charge is 0.222 e. The highest BCUT2D eigenvalue weighted by Gasteiger charge is 2.26. The number of rotatable bonds is 2. The van der Waals surface area contributed by atoms with Crippen molar-refractivity contribution in [2.75, 3.05) is 37.8 Å². The van der Waals surface area contributed by atoms with Gasteiger partial charge in [0, 0.05) is 24.5 Å². The van der Waals surface area contributed by atoms with E-state index in [0.717, 1.165) is 36.2 Å². The molecule has 1 aromatic carbocycles. The molecule has 1 aliphatic heterocycles. The monoisotopic (exact) mass is 257 g/mol. The number of likely N-dealkylation sites (N-methyl/N-ethyl adjacent to an activating group) is 1. The molecule has 1 aliphatic rings. The van der Waals surface area contributed by atoms with E-state index in [1.54, 1.807) is 0 Å². The van der Waals surface area contributed by atoms with Gasteiger partial charge < -0.3 is 15.5 Å². The van der Waals surface area contributed by atoms with Gasteiger partial charge in [-0.15, -0.1) is 0 Å². The van der Waals surface area contributed by atoms with E-state index in [-0.39, 0.29) is 0 Å². The van der Waals surface area contributed by atoms with Crippen LogP contribution < -0.4 is 10.6 Å². The number of para-hydroxylation sites is 1. The molecular weight excluding hydrogens is 238 g/mol. The second-order valence-corrected chi connectivity index (χ2v) is 5.27. The van der Waals surface area contributed by atoms with Crippen molar-refractivity contribution in [3.8, 4) is 0 Å². The summed E-state index contributed by atoms with van der Waals surface area (Å²) in [6.07, 6.45) is 1.16. The average molecular weight is 257 g/mol. The Hall–Kier alpha value is -1.88. The summed E-state index contributed by atoms with van der Waals surface area (Å²) < 4.78 is 0. The average Bonchev–Trinajstić information content (AvgIpc) is 2.87. The molecule has 0 spiro atoms. The van der Waals surface area contributed by atoms with Crippen molar-refractivity contribution in [1.82, 2.24) is 14.9 Å². The Balaban J connectivity index is 2.01. The van der Waals surface area contributed by atoms with Crippen LogP contribution >= 0.6 is 0 Å². The molecule has 3 rings (SSSR count). The van der Waals surface area contributed by atoms with E-state index in [4.69, 9.17) is 5.73 Å². The van der Waals surface area contributed by atoms with Crippen molar-refractivity contribution in [2.24, 2.45) is 0 Å². The molecule has 19 heavy (non-hydrogen) atoms. The number of nitrogens with two attached hydrogens (primary N) is 1. The Bertz CT molecular complexity index is 595. The summed E-state index contributed by atoms with van der Waals surface area (Å²) in [5.74, 6) is 1.31. The number of aromatic nitrogens is 2. The van der Waals surface area contributed by atoms with Crippen LogP contribution in [0.2, 0.25) is 0 Å². The molecule has 5 heteroatoms. The van der Waals surface area contributed by atoms with Crippen LogP contribution in [0.25, 0.3) is 10.9 Å². The zero-order valence-electron chi connectivity index (χ0n) is 11.4. The third-order valence-electron chi connectivity index (χ3n) is 3.79. The number of hydrogen-bond acceptors (Lipinski definition) is 5. The highest BCUT2D eigenvalue weighted by Crippen LogP contribution is 2.28. The quantitative estimate of drug-likeness (QED) is 0.880. The van der Waals surface area contributed by atoms with Crippen LogP contribution in [0, 0.1) is 0 Å². The topological polar surface area (TPSA) is 58.3 Å². The second kappa shape index (κ2) is 4.66. The Morgan fingerprint density at radius 3 is 2.79 bits per heavy atom. The summed E-state index contributed by atoms with van der Waals surface area (Å²) in [5, 5.41) is 1.08. The van der Waals surface area contributed by atoms with Gasteiger partial charge in [-0.2, -0.15) is 4.98 Å². The van der Waals surface area contributed by atoms with E-state index in [1.807, 2.05) is 18.2 Å². The minimum absolute atomic E-state index is 0.349. The van der Waals surface area contributed by atoms with Gasteiger partial charge in [-0.3, -0.25) is 0 Å². The van der Waals surface area contributed by atoms with Crippen LogP contribution in [0.3, 0.4) is 0 Å². The van der Waals surface area contributed by atoms with Crippen LogP contribution in [0.1, 0.15) is 6.42 Å². The van der Waals surface area contributed by atoms with Crippen molar-refractivity contribution in [3.05, 3.63) is 24.3 Å². The standard InChI is InChI=1S/C14H19N5/c1-18(2)10-7-8-19(9-10)13-11-5-3-4-6-12(11)16-14(15)17-13/h3-6,10H,7-9H2,1-2H3,(H2,15,16,17). The highest BCUT2D eigenvalue weighted by atomic mass is 15.3. The van der Waals surface area contributed by atoms with Crippen molar-refractivity contribution in [1.29, 1.82) is 0 Å². The first kappa shape index (κ1) is 12.2. The predicted octanol–water partition coefficient (Wildman–Crippen LogP) is 1.35. The molecule has 2 aromatic rings. The van der Waals surface area contributed by atoms with E-state index in [1.165, 1.54) is 0 Å². The maximum absolute atomic E-state index is 5.83. The Morgan fingerprint density at radius 1 is 1.26 bits per heavy atom. The summed E-state index contributed by atoms with van der Waals surface area (Å²) >= 11 is 0. The minimum atomic E-state index is 0.349. The molecule has 2 N–H and O–H groups in total. The number of anilines is 2. The molecule has 5 nitrogen and oxygen atoms in total. The van der Waals surface area contributed by atoms with E-state index >= 15 is 0 Å². The lowest BCUT2D eigenvalue weighted by atomic mass is 10.2. The molecule has 0 saturated carbocycles. The molecule has 1 atom stereocenters. The lowest BCUT2D eigenvalue weighted by Crippen LogP contribution is -2.31. The summed E-state index contributed by atoms with van der Waals surface area (Å²) in [4.78, 5) is 13.3. The zero-order chi connectivity index (χ0) is 13.4. The molecular formula is C14H19N5. The van der Waals surface area contributed by atoms with Gasteiger partial charge in [0.05, 0.1) is 5.52 Å². The lowest BCUT2D eigenvalue weighted by Gasteiger charge is -2.22. The molecule has 1 aromatic heterocycles. The second-order valence-electron chi connectivity index (χ2n) is 5.27. The van der Waals surface area contributed by atoms with Crippen LogP contribution in [-0.2, 0) is 0 Å². The Labute approximate surface area is 113 Å². The van der Waals surface area contributed by atoms with Gasteiger partial charge in [0.25, 0.3) is 0 Å². The zero-order valence-corrected chi connectivity index (χ0v) is 11.4. The fourth-order valence-corrected chi connectivity index (χ4v) is 2.67. The maximum atomic E-state index is 5.83.